The Labute approximate surface area is 493 Å². The summed E-state index contributed by atoms with van der Waals surface area (Å²) in [6.45, 7) is 2.80. The Hall–Kier alpha value is -1.79. The number of carbonyl (C=O) groups excluding carboxylic acids is 1. The molecule has 9 N–H and O–H groups in total. The molecular formula is C67H125NO13. The third kappa shape index (κ3) is 37.4. The first-order chi connectivity index (χ1) is 39.6. The number of nitrogens with one attached hydrogen (secondary N) is 1. The molecule has 12 unspecified atom stereocenters. The summed E-state index contributed by atoms with van der Waals surface area (Å²) >= 11 is 0. The van der Waals surface area contributed by atoms with Gasteiger partial charge in [0, 0.05) is 6.42 Å². The highest BCUT2D eigenvalue weighted by molar-refractivity contribution is 5.76. The molecule has 2 aliphatic rings. The fourth-order valence-electron chi connectivity index (χ4n) is 11.1. The monoisotopic (exact) mass is 1150 g/mol. The van der Waals surface area contributed by atoms with Crippen molar-refractivity contribution in [2.24, 2.45) is 0 Å². The molecular weight excluding hydrogens is 1030 g/mol. The van der Waals surface area contributed by atoms with Crippen molar-refractivity contribution >= 4 is 5.91 Å². The topological polar surface area (TPSA) is 228 Å². The molecule has 0 spiro atoms. The van der Waals surface area contributed by atoms with Crippen LogP contribution in [-0.2, 0) is 23.7 Å². The van der Waals surface area contributed by atoms with E-state index in [9.17, 15) is 45.6 Å². The first-order valence-corrected chi connectivity index (χ1v) is 33.7. The maximum Gasteiger partial charge on any atom is 0.220 e. The molecule has 2 heterocycles. The van der Waals surface area contributed by atoms with E-state index in [1.165, 1.54) is 205 Å². The molecule has 12 atom stereocenters. The molecule has 0 saturated carbocycles. The van der Waals surface area contributed by atoms with Gasteiger partial charge in [0.15, 0.2) is 12.6 Å². The Bertz CT molecular complexity index is 1500. The van der Waals surface area contributed by atoms with Gasteiger partial charge >= 0.3 is 0 Å². The summed E-state index contributed by atoms with van der Waals surface area (Å²) in [7, 11) is 0. The van der Waals surface area contributed by atoms with Crippen molar-refractivity contribution in [1.82, 2.24) is 5.32 Å². The standard InChI is InChI=1S/C67H125NO13/c1-3-5-7-9-11-13-15-17-19-20-21-22-23-24-25-26-27-28-29-30-31-32-33-34-35-37-38-40-42-44-46-48-50-56(71)55(68-59(72)51-49-47-45-43-41-39-36-18-16-14-12-10-8-6-4-2)54-78-66-64(77)62(75)65(58(53-70)80-66)81-67-63(76)61(74)60(73)57(52-69)79-67/h18,36,40,42,48,50,55-58,60-67,69-71,73-77H,3-17,19-35,37-39,41,43-47,49,51-54H2,1-2H3,(H,68,72)/b36-18-,42-40+,50-48+. The van der Waals surface area contributed by atoms with Crippen LogP contribution in [0.4, 0.5) is 0 Å². The van der Waals surface area contributed by atoms with Gasteiger partial charge in [0.25, 0.3) is 0 Å². The molecule has 0 aromatic heterocycles. The second-order valence-electron chi connectivity index (χ2n) is 23.9. The van der Waals surface area contributed by atoms with Crippen LogP contribution in [-0.4, -0.2) is 140 Å². The van der Waals surface area contributed by atoms with E-state index in [0.717, 1.165) is 51.4 Å². The van der Waals surface area contributed by atoms with Crippen LogP contribution in [0.2, 0.25) is 0 Å². The smallest absolute Gasteiger partial charge is 0.220 e. The van der Waals surface area contributed by atoms with Crippen LogP contribution in [0.5, 0.6) is 0 Å². The zero-order valence-electron chi connectivity index (χ0n) is 51.5. The number of amides is 1. The lowest BCUT2D eigenvalue weighted by Gasteiger charge is -2.46. The van der Waals surface area contributed by atoms with Gasteiger partial charge in [-0.25, -0.2) is 0 Å². The van der Waals surface area contributed by atoms with Crippen LogP contribution in [0.25, 0.3) is 0 Å². The van der Waals surface area contributed by atoms with Crippen LogP contribution in [0.15, 0.2) is 36.5 Å². The first kappa shape index (κ1) is 75.3. The van der Waals surface area contributed by atoms with Crippen LogP contribution >= 0.6 is 0 Å². The van der Waals surface area contributed by atoms with Gasteiger partial charge in [-0.2, -0.15) is 0 Å². The van der Waals surface area contributed by atoms with Crippen LogP contribution in [0.1, 0.15) is 290 Å². The molecule has 476 valence electrons. The lowest BCUT2D eigenvalue weighted by atomic mass is 9.97. The minimum absolute atomic E-state index is 0.256. The Morgan fingerprint density at radius 2 is 0.790 bits per heavy atom. The Morgan fingerprint density at radius 1 is 0.432 bits per heavy atom. The van der Waals surface area contributed by atoms with Crippen molar-refractivity contribution in [3.05, 3.63) is 36.5 Å². The fraction of sp³-hybridized carbons (Fsp3) is 0.896. The second-order valence-corrected chi connectivity index (χ2v) is 23.9. The molecule has 2 fully saturated rings. The quantitative estimate of drug-likeness (QED) is 0.0204. The molecule has 14 nitrogen and oxygen atoms in total. The van der Waals surface area contributed by atoms with Gasteiger partial charge in [0.1, 0.15) is 48.8 Å². The normalized spacial score (nSPS) is 24.3. The van der Waals surface area contributed by atoms with Crippen molar-refractivity contribution in [3.8, 4) is 0 Å². The molecule has 0 bridgehead atoms. The molecule has 2 aliphatic heterocycles. The van der Waals surface area contributed by atoms with E-state index in [4.69, 9.17) is 18.9 Å². The number of unbranched alkanes of at least 4 members (excludes halogenated alkanes) is 38. The maximum atomic E-state index is 13.3. The van der Waals surface area contributed by atoms with E-state index in [2.05, 4.69) is 43.5 Å². The Morgan fingerprint density at radius 3 is 1.21 bits per heavy atom. The van der Waals surface area contributed by atoms with Crippen LogP contribution < -0.4 is 5.32 Å². The van der Waals surface area contributed by atoms with Gasteiger partial charge in [0.2, 0.25) is 5.91 Å². The van der Waals surface area contributed by atoms with Gasteiger partial charge in [-0.15, -0.1) is 0 Å². The average Bonchev–Trinajstić information content (AvgIpc) is 3.47. The number of aliphatic hydroxyl groups is 8. The summed E-state index contributed by atoms with van der Waals surface area (Å²) in [5, 5.41) is 87.2. The highest BCUT2D eigenvalue weighted by Crippen LogP contribution is 2.30. The van der Waals surface area contributed by atoms with E-state index >= 15 is 0 Å². The van der Waals surface area contributed by atoms with Crippen molar-refractivity contribution in [1.29, 1.82) is 0 Å². The van der Waals surface area contributed by atoms with Gasteiger partial charge in [-0.3, -0.25) is 4.79 Å². The zero-order chi connectivity index (χ0) is 58.8. The summed E-state index contributed by atoms with van der Waals surface area (Å²) in [4.78, 5) is 13.3. The Kier molecular flexibility index (Phi) is 48.8. The number of rotatable bonds is 55. The fourth-order valence-corrected chi connectivity index (χ4v) is 11.1. The minimum atomic E-state index is -1.79. The van der Waals surface area contributed by atoms with E-state index in [1.54, 1.807) is 6.08 Å². The molecule has 1 amide bonds. The predicted octanol–water partition coefficient (Wildman–Crippen LogP) is 13.0. The van der Waals surface area contributed by atoms with Gasteiger partial charge in [0.05, 0.1) is 32.0 Å². The third-order valence-corrected chi connectivity index (χ3v) is 16.5. The first-order valence-electron chi connectivity index (χ1n) is 33.7. The average molecular weight is 1150 g/mol. The van der Waals surface area contributed by atoms with E-state index < -0.39 is 86.8 Å². The summed E-state index contributed by atoms with van der Waals surface area (Å²) in [6.07, 6.45) is 49.3. The number of ether oxygens (including phenoxy) is 4. The van der Waals surface area contributed by atoms with Crippen LogP contribution in [0.3, 0.4) is 0 Å². The molecule has 81 heavy (non-hydrogen) atoms. The third-order valence-electron chi connectivity index (χ3n) is 16.5. The summed E-state index contributed by atoms with van der Waals surface area (Å²) in [5.41, 5.74) is 0. The Balaban J connectivity index is 1.67. The molecule has 0 radical (unpaired) electrons. The molecule has 2 rings (SSSR count). The van der Waals surface area contributed by atoms with E-state index in [-0.39, 0.29) is 18.9 Å². The lowest BCUT2D eigenvalue weighted by Crippen LogP contribution is -2.65. The SMILES string of the molecule is CCCCCCCC/C=C\CCCCCCCC(=O)NC(COC1OC(CO)C(OC2OC(CO)C(O)C(O)C2O)C(O)C1O)C(O)/C=C/CC/C=C/CCCCCCCCCCCCCCCCCCCCCCCCCCCC. The van der Waals surface area contributed by atoms with Crippen molar-refractivity contribution < 1.29 is 64.6 Å². The van der Waals surface area contributed by atoms with E-state index in [1.807, 2.05) is 6.08 Å². The number of carbonyl (C=O) groups is 1. The molecule has 2 saturated heterocycles. The number of hydrogen-bond donors (Lipinski definition) is 9. The van der Waals surface area contributed by atoms with E-state index in [0.29, 0.717) is 12.8 Å². The molecule has 0 aromatic carbocycles. The molecule has 0 aliphatic carbocycles. The van der Waals surface area contributed by atoms with Crippen molar-refractivity contribution in [3.63, 3.8) is 0 Å². The number of aliphatic hydroxyl groups excluding tert-OH is 8. The zero-order valence-corrected chi connectivity index (χ0v) is 51.5. The number of allylic oxidation sites excluding steroid dienone is 5. The molecule has 14 heteroatoms. The maximum absolute atomic E-state index is 13.3. The lowest BCUT2D eigenvalue weighted by molar-refractivity contribution is -0.359. The van der Waals surface area contributed by atoms with Gasteiger partial charge < -0.3 is 65.1 Å². The van der Waals surface area contributed by atoms with Gasteiger partial charge in [-0.1, -0.05) is 262 Å². The molecule has 0 aromatic rings. The summed E-state index contributed by atoms with van der Waals surface area (Å²) in [5.74, 6) is -0.256. The predicted molar refractivity (Wildman–Crippen MR) is 328 cm³/mol. The van der Waals surface area contributed by atoms with Crippen molar-refractivity contribution in [2.45, 2.75) is 364 Å². The summed E-state index contributed by atoms with van der Waals surface area (Å²) < 4.78 is 22.8. The van der Waals surface area contributed by atoms with Crippen molar-refractivity contribution in [2.75, 3.05) is 19.8 Å². The largest absolute Gasteiger partial charge is 0.394 e. The number of hydrogen-bond acceptors (Lipinski definition) is 13. The highest BCUT2D eigenvalue weighted by Gasteiger charge is 2.51. The second kappa shape index (κ2) is 52.5. The van der Waals surface area contributed by atoms with Crippen LogP contribution in [0, 0.1) is 0 Å². The highest BCUT2D eigenvalue weighted by atomic mass is 16.7. The van der Waals surface area contributed by atoms with Gasteiger partial charge in [-0.05, 0) is 57.8 Å². The summed E-state index contributed by atoms with van der Waals surface area (Å²) in [6, 6.07) is -0.936. The minimum Gasteiger partial charge on any atom is -0.394 e.